The van der Waals surface area contributed by atoms with Gasteiger partial charge in [0.25, 0.3) is 0 Å². The third-order valence-electron chi connectivity index (χ3n) is 4.91. The average molecular weight is 298 g/mol. The Morgan fingerprint density at radius 3 is 1.67 bits per heavy atom. The lowest BCUT2D eigenvalue weighted by Gasteiger charge is -2.23. The Labute approximate surface area is 133 Å². The summed E-state index contributed by atoms with van der Waals surface area (Å²) in [7, 11) is 0. The standard InChI is InChI=1S/C9H20N2.C9H19N/c1-8(2)11-6-3-4-9(10)5-7-11;1-9(2)10-7-5-3-4-6-8-10/h8-9H,3-7,10H2,1-2H3;9H,3-8H2,1-2H3. The zero-order valence-corrected chi connectivity index (χ0v) is 15.0. The summed E-state index contributed by atoms with van der Waals surface area (Å²) in [6.07, 6.45) is 9.39. The van der Waals surface area contributed by atoms with Crippen molar-refractivity contribution in [2.45, 2.75) is 90.8 Å². The van der Waals surface area contributed by atoms with E-state index in [0.717, 1.165) is 6.04 Å². The van der Waals surface area contributed by atoms with Gasteiger partial charge in [0, 0.05) is 18.1 Å². The van der Waals surface area contributed by atoms with Crippen LogP contribution in [0, 0.1) is 0 Å². The van der Waals surface area contributed by atoms with E-state index >= 15 is 0 Å². The second kappa shape index (κ2) is 10.6. The minimum Gasteiger partial charge on any atom is -0.328 e. The summed E-state index contributed by atoms with van der Waals surface area (Å²) >= 11 is 0. The lowest BCUT2D eigenvalue weighted by molar-refractivity contribution is 0.230. The molecule has 0 aliphatic carbocycles. The van der Waals surface area contributed by atoms with E-state index in [1.807, 2.05) is 0 Å². The van der Waals surface area contributed by atoms with Crippen LogP contribution in [0.1, 0.15) is 72.6 Å². The van der Waals surface area contributed by atoms with Crippen LogP contribution in [0.25, 0.3) is 0 Å². The topological polar surface area (TPSA) is 32.5 Å². The molecule has 0 bridgehead atoms. The molecule has 0 saturated carbocycles. The van der Waals surface area contributed by atoms with Crippen molar-refractivity contribution in [3.05, 3.63) is 0 Å². The number of likely N-dealkylation sites (tertiary alicyclic amines) is 2. The van der Waals surface area contributed by atoms with Gasteiger partial charge in [0.05, 0.1) is 0 Å². The fraction of sp³-hybridized carbons (Fsp3) is 1.00. The molecule has 2 N–H and O–H groups in total. The Kier molecular flexibility index (Phi) is 9.54. The molecule has 1 unspecified atom stereocenters. The van der Waals surface area contributed by atoms with Crippen LogP contribution < -0.4 is 5.73 Å². The molecule has 3 heteroatoms. The predicted octanol–water partition coefficient (Wildman–Crippen LogP) is 3.48. The summed E-state index contributed by atoms with van der Waals surface area (Å²) in [6.45, 7) is 14.2. The van der Waals surface area contributed by atoms with E-state index in [-0.39, 0.29) is 0 Å². The highest BCUT2D eigenvalue weighted by atomic mass is 15.1. The zero-order chi connectivity index (χ0) is 15.7. The van der Waals surface area contributed by atoms with Gasteiger partial charge >= 0.3 is 0 Å². The fourth-order valence-corrected chi connectivity index (χ4v) is 3.27. The first-order chi connectivity index (χ1) is 10.0. The largest absolute Gasteiger partial charge is 0.328 e. The molecule has 0 spiro atoms. The van der Waals surface area contributed by atoms with Gasteiger partial charge < -0.3 is 15.5 Å². The van der Waals surface area contributed by atoms with Crippen LogP contribution in [-0.4, -0.2) is 54.1 Å². The summed E-state index contributed by atoms with van der Waals surface area (Å²) in [4.78, 5) is 5.11. The molecule has 2 heterocycles. The van der Waals surface area contributed by atoms with Gasteiger partial charge in [-0.15, -0.1) is 0 Å². The second-order valence-corrected chi connectivity index (χ2v) is 7.36. The van der Waals surface area contributed by atoms with Crippen molar-refractivity contribution < 1.29 is 0 Å². The van der Waals surface area contributed by atoms with Gasteiger partial charge in [0.2, 0.25) is 0 Å². The molecule has 0 aromatic rings. The molecular weight excluding hydrogens is 258 g/mol. The molecule has 0 aromatic heterocycles. The monoisotopic (exact) mass is 297 g/mol. The highest BCUT2D eigenvalue weighted by Gasteiger charge is 2.15. The SMILES string of the molecule is CC(C)N1CCCC(N)CC1.CC(C)N1CCCCCC1. The van der Waals surface area contributed by atoms with Crippen LogP contribution in [0.4, 0.5) is 0 Å². The van der Waals surface area contributed by atoms with Crippen LogP contribution in [0.15, 0.2) is 0 Å². The maximum atomic E-state index is 5.87. The minimum absolute atomic E-state index is 0.457. The molecule has 0 amide bonds. The smallest absolute Gasteiger partial charge is 0.00514 e. The van der Waals surface area contributed by atoms with Gasteiger partial charge in [-0.05, 0) is 86.0 Å². The fourth-order valence-electron chi connectivity index (χ4n) is 3.27. The number of nitrogens with two attached hydrogens (primary N) is 1. The number of hydrogen-bond donors (Lipinski definition) is 1. The van der Waals surface area contributed by atoms with Crippen LogP contribution in [-0.2, 0) is 0 Å². The van der Waals surface area contributed by atoms with Crippen molar-refractivity contribution in [3.8, 4) is 0 Å². The summed E-state index contributed by atoms with van der Waals surface area (Å²) in [5.41, 5.74) is 5.87. The second-order valence-electron chi connectivity index (χ2n) is 7.36. The maximum absolute atomic E-state index is 5.87. The first-order valence-corrected chi connectivity index (χ1v) is 9.24. The van der Waals surface area contributed by atoms with E-state index in [1.165, 1.54) is 71.1 Å². The van der Waals surface area contributed by atoms with E-state index in [0.29, 0.717) is 12.1 Å². The molecule has 126 valence electrons. The van der Waals surface area contributed by atoms with Crippen molar-refractivity contribution in [1.82, 2.24) is 9.80 Å². The number of nitrogens with zero attached hydrogens (tertiary/aromatic N) is 2. The third-order valence-corrected chi connectivity index (χ3v) is 4.91. The molecule has 2 rings (SSSR count). The van der Waals surface area contributed by atoms with Gasteiger partial charge in [0.1, 0.15) is 0 Å². The lowest BCUT2D eigenvalue weighted by atomic mass is 10.1. The van der Waals surface area contributed by atoms with Crippen LogP contribution in [0.3, 0.4) is 0 Å². The third kappa shape index (κ3) is 8.18. The Bertz CT molecular complexity index is 245. The summed E-state index contributed by atoms with van der Waals surface area (Å²) in [6, 6.07) is 1.91. The van der Waals surface area contributed by atoms with E-state index in [9.17, 15) is 0 Å². The normalized spacial score (nSPS) is 26.1. The van der Waals surface area contributed by atoms with Crippen molar-refractivity contribution in [1.29, 1.82) is 0 Å². The molecule has 1 atom stereocenters. The number of rotatable bonds is 2. The van der Waals surface area contributed by atoms with Crippen molar-refractivity contribution in [2.75, 3.05) is 26.2 Å². The summed E-state index contributed by atoms with van der Waals surface area (Å²) in [5, 5.41) is 0. The highest BCUT2D eigenvalue weighted by molar-refractivity contribution is 4.73. The number of hydrogen-bond acceptors (Lipinski definition) is 3. The minimum atomic E-state index is 0.457. The Morgan fingerprint density at radius 1 is 0.667 bits per heavy atom. The van der Waals surface area contributed by atoms with Crippen LogP contribution in [0.2, 0.25) is 0 Å². The Balaban J connectivity index is 0.000000211. The highest BCUT2D eigenvalue weighted by Crippen LogP contribution is 2.12. The van der Waals surface area contributed by atoms with E-state index in [1.54, 1.807) is 0 Å². The van der Waals surface area contributed by atoms with Gasteiger partial charge in [-0.3, -0.25) is 0 Å². The maximum Gasteiger partial charge on any atom is 0.00514 e. The molecule has 0 aromatic carbocycles. The van der Waals surface area contributed by atoms with Crippen molar-refractivity contribution >= 4 is 0 Å². The first kappa shape index (κ1) is 18.9. The summed E-state index contributed by atoms with van der Waals surface area (Å²) < 4.78 is 0. The van der Waals surface area contributed by atoms with Crippen molar-refractivity contribution in [2.24, 2.45) is 5.73 Å². The van der Waals surface area contributed by atoms with Gasteiger partial charge in [0.15, 0.2) is 0 Å². The van der Waals surface area contributed by atoms with Crippen LogP contribution >= 0.6 is 0 Å². The molecule has 21 heavy (non-hydrogen) atoms. The average Bonchev–Trinajstić information content (AvgIpc) is 2.81. The summed E-state index contributed by atoms with van der Waals surface area (Å²) in [5.74, 6) is 0. The zero-order valence-electron chi connectivity index (χ0n) is 15.0. The predicted molar refractivity (Wildman–Crippen MR) is 93.7 cm³/mol. The van der Waals surface area contributed by atoms with E-state index in [4.69, 9.17) is 5.73 Å². The van der Waals surface area contributed by atoms with Crippen LogP contribution in [0.5, 0.6) is 0 Å². The molecule has 2 aliphatic heterocycles. The first-order valence-electron chi connectivity index (χ1n) is 9.24. The molecule has 2 fully saturated rings. The van der Waals surface area contributed by atoms with E-state index < -0.39 is 0 Å². The lowest BCUT2D eigenvalue weighted by Crippen LogP contribution is -2.32. The molecule has 3 nitrogen and oxygen atoms in total. The molecule has 2 saturated heterocycles. The van der Waals surface area contributed by atoms with E-state index in [2.05, 4.69) is 37.5 Å². The van der Waals surface area contributed by atoms with Crippen molar-refractivity contribution in [3.63, 3.8) is 0 Å². The Morgan fingerprint density at radius 2 is 1.14 bits per heavy atom. The molecule has 0 radical (unpaired) electrons. The Hall–Kier alpha value is -0.120. The molecule has 2 aliphatic rings. The molecular formula is C18H39N3. The quantitative estimate of drug-likeness (QED) is 0.847. The van der Waals surface area contributed by atoms with Gasteiger partial charge in [-0.25, -0.2) is 0 Å². The van der Waals surface area contributed by atoms with Gasteiger partial charge in [-0.1, -0.05) is 12.8 Å². The van der Waals surface area contributed by atoms with Gasteiger partial charge in [-0.2, -0.15) is 0 Å².